The van der Waals surface area contributed by atoms with Gasteiger partial charge in [0.05, 0.1) is 123 Å². The van der Waals surface area contributed by atoms with Crippen molar-refractivity contribution in [3.05, 3.63) is 0 Å². The molecule has 0 spiro atoms. The number of unbranched alkanes of at least 4 members (excludes halogenated alkanes) is 5. The predicted octanol–water partition coefficient (Wildman–Crippen LogP) is -1.65. The van der Waals surface area contributed by atoms with Gasteiger partial charge in [-0.3, -0.25) is 57.3 Å². The van der Waals surface area contributed by atoms with Gasteiger partial charge in [-0.15, -0.1) is 0 Å². The summed E-state index contributed by atoms with van der Waals surface area (Å²) in [7, 11) is -7.96. The van der Waals surface area contributed by atoms with Gasteiger partial charge in [0.25, 0.3) is 0 Å². The summed E-state index contributed by atoms with van der Waals surface area (Å²) in [6, 6.07) is -4.39. The van der Waals surface area contributed by atoms with Crippen molar-refractivity contribution >= 4 is 85.7 Å². The van der Waals surface area contributed by atoms with E-state index < -0.39 is 204 Å². The largest absolute Gasteiger partial charge is 0.394 e. The summed E-state index contributed by atoms with van der Waals surface area (Å²) in [5, 5.41) is 113. The number of amides is 5. The number of β-amino-alcohol motifs (C(OH)–C–C–N with tert-alkyl or cyclic N) is 1. The molecule has 0 aromatic rings. The first-order valence-corrected chi connectivity index (χ1v) is 46.1. The molecule has 0 bridgehead atoms. The van der Waals surface area contributed by atoms with E-state index in [1.165, 1.54) is 39.5 Å². The first-order valence-electron chi connectivity index (χ1n) is 42.7. The summed E-state index contributed by atoms with van der Waals surface area (Å²) in [6.45, 7) is 3.77. The Morgan fingerprint density at radius 1 is 0.468 bits per heavy atom. The van der Waals surface area contributed by atoms with Crippen molar-refractivity contribution in [3.63, 3.8) is 0 Å². The van der Waals surface area contributed by atoms with Gasteiger partial charge in [0.1, 0.15) is 114 Å². The minimum atomic E-state index is -4.01. The molecule has 0 aromatic carbocycles. The van der Waals surface area contributed by atoms with Crippen molar-refractivity contribution in [1.82, 2.24) is 26.2 Å². The van der Waals surface area contributed by atoms with E-state index in [-0.39, 0.29) is 217 Å². The van der Waals surface area contributed by atoms with Crippen molar-refractivity contribution in [2.45, 2.75) is 324 Å². The van der Waals surface area contributed by atoms with Crippen LogP contribution in [0.15, 0.2) is 0 Å². The van der Waals surface area contributed by atoms with Crippen LogP contribution >= 0.6 is 15.2 Å². The van der Waals surface area contributed by atoms with Gasteiger partial charge in [0.2, 0.25) is 37.1 Å². The second-order valence-corrected chi connectivity index (χ2v) is 36.9. The van der Waals surface area contributed by atoms with E-state index >= 15 is 0 Å². The zero-order valence-corrected chi connectivity index (χ0v) is 73.8. The minimum absolute atomic E-state index is 0.0148. The fraction of sp³-hybridized carbons (Fsp3) is 0.850. The first kappa shape index (κ1) is 109. The molecule has 0 aromatic heterocycles. The molecule has 124 heavy (non-hydrogen) atoms. The van der Waals surface area contributed by atoms with Gasteiger partial charge in [-0.1, -0.05) is 26.7 Å². The summed E-state index contributed by atoms with van der Waals surface area (Å²) in [5.74, 6) is -4.10. The Morgan fingerprint density at radius 3 is 1.24 bits per heavy atom. The number of nitrogens with zero attached hydrogens (tertiary/aromatic N) is 1. The van der Waals surface area contributed by atoms with Gasteiger partial charge >= 0.3 is 7.60 Å². The molecular formula is C80H137N5O37P2. The lowest BCUT2D eigenvalue weighted by Crippen LogP contribution is -2.64. The summed E-state index contributed by atoms with van der Waals surface area (Å²) in [4.78, 5) is 166. The molecule has 5 aliphatic heterocycles. The molecule has 8 unspecified atom stereocenters. The topological polar surface area (TPSA) is 619 Å². The second kappa shape index (κ2) is 56.5. The highest BCUT2D eigenvalue weighted by molar-refractivity contribution is 7.58. The Morgan fingerprint density at radius 2 is 0.855 bits per heavy atom. The van der Waals surface area contributed by atoms with Gasteiger partial charge in [-0.05, 0) is 58.2 Å². The molecule has 5 rings (SSSR count). The number of aliphatic hydroxyl groups is 10. The number of ketones is 6. The Hall–Kier alpha value is -5.10. The number of nitrogens with one attached hydrogen (secondary N) is 4. The molecule has 22 atom stereocenters. The maximum absolute atomic E-state index is 14.5. The number of aliphatic hydroxyl groups excluding tert-OH is 10. The number of rotatable bonds is 64. The van der Waals surface area contributed by atoms with Crippen molar-refractivity contribution in [3.8, 4) is 0 Å². The van der Waals surface area contributed by atoms with Crippen LogP contribution in [0.5, 0.6) is 0 Å². The van der Waals surface area contributed by atoms with E-state index in [2.05, 4.69) is 27.6 Å². The highest BCUT2D eigenvalue weighted by Gasteiger charge is 2.49. The Labute approximate surface area is 722 Å². The average Bonchev–Trinajstić information content (AvgIpc) is 1.12. The maximum Gasteiger partial charge on any atom is 0.330 e. The lowest BCUT2D eigenvalue weighted by Gasteiger charge is -2.42. The molecule has 5 aliphatic rings. The fourth-order valence-electron chi connectivity index (χ4n) is 14.6. The lowest BCUT2D eigenvalue weighted by molar-refractivity contribution is -0.269. The van der Waals surface area contributed by atoms with Crippen molar-refractivity contribution in [1.29, 1.82) is 0 Å². The third-order valence-corrected chi connectivity index (χ3v) is 24.6. The smallest absolute Gasteiger partial charge is 0.330 e. The monoisotopic (exact) mass is 1820 g/mol. The third-order valence-electron chi connectivity index (χ3n) is 21.7. The third kappa shape index (κ3) is 39.3. The molecule has 5 heterocycles. The van der Waals surface area contributed by atoms with E-state index in [1.54, 1.807) is 6.92 Å². The Balaban J connectivity index is 1.22. The molecule has 714 valence electrons. The van der Waals surface area contributed by atoms with Crippen LogP contribution in [-0.4, -0.2) is 370 Å². The molecule has 0 radical (unpaired) electrons. The summed E-state index contributed by atoms with van der Waals surface area (Å²) < 4.78 is 87.7. The summed E-state index contributed by atoms with van der Waals surface area (Å²) in [5.41, 5.74) is -2.12. The molecule has 0 aliphatic carbocycles. The van der Waals surface area contributed by atoms with E-state index in [9.17, 15) is 118 Å². The predicted molar refractivity (Wildman–Crippen MR) is 437 cm³/mol. The first-order chi connectivity index (χ1) is 58.7. The summed E-state index contributed by atoms with van der Waals surface area (Å²) >= 11 is 0. The van der Waals surface area contributed by atoms with Crippen LogP contribution in [0.1, 0.15) is 196 Å². The average molecular weight is 1820 g/mol. The van der Waals surface area contributed by atoms with Crippen LogP contribution in [0.25, 0.3) is 0 Å². The minimum Gasteiger partial charge on any atom is -0.394 e. The highest BCUT2D eigenvalue weighted by Crippen LogP contribution is 2.50. The number of carbonyl (C=O) groups is 11. The number of likely N-dealkylation sites (tertiary alicyclic amines) is 1. The second-order valence-electron chi connectivity index (χ2n) is 32.7. The molecular weight excluding hydrogens is 1680 g/mol. The van der Waals surface area contributed by atoms with Crippen LogP contribution in [0.2, 0.25) is 0 Å². The van der Waals surface area contributed by atoms with Crippen LogP contribution < -0.4 is 21.3 Å². The van der Waals surface area contributed by atoms with Crippen LogP contribution in [0, 0.1) is 5.41 Å². The molecule has 16 N–H and O–H groups in total. The van der Waals surface area contributed by atoms with E-state index in [1.807, 2.05) is 0 Å². The number of hydrogen-bond donors (Lipinski definition) is 16. The number of Topliss-reactive ketones (excluding diaryl/α,β-unsaturated/α-hetero) is 6. The van der Waals surface area contributed by atoms with Gasteiger partial charge < -0.3 is 148 Å². The van der Waals surface area contributed by atoms with Gasteiger partial charge in [-0.25, -0.2) is 0 Å². The maximum atomic E-state index is 14.5. The fourth-order valence-corrected chi connectivity index (χ4v) is 16.4. The molecule has 5 saturated heterocycles. The highest BCUT2D eigenvalue weighted by atomic mass is 31.2. The summed E-state index contributed by atoms with van der Waals surface area (Å²) in [6.07, 6.45) is -13.5. The van der Waals surface area contributed by atoms with Crippen LogP contribution in [0.3, 0.4) is 0 Å². The van der Waals surface area contributed by atoms with E-state index in [0.717, 1.165) is 0 Å². The van der Waals surface area contributed by atoms with E-state index in [0.29, 0.717) is 51.4 Å². The van der Waals surface area contributed by atoms with Crippen LogP contribution in [0.4, 0.5) is 0 Å². The number of carbonyl (C=O) groups excluding carboxylic acids is 11. The Kier molecular flexibility index (Phi) is 49.8. The van der Waals surface area contributed by atoms with E-state index in [4.69, 9.17) is 60.9 Å². The molecule has 42 nitrogen and oxygen atoms in total. The quantitative estimate of drug-likeness (QED) is 0.0240. The SMILES string of the molecule is C=P(O)(OC[C@@H]1C[C@@H](O)CN1C(=O)CCC(=O)CC(COCCC(=O)CCCCCC(=O)CCO[C@@H]1OC(CO)[C@H](O)[C@H](O)C1NC(C)=O)(COCCC(=O)CCCCCC(=O)CCO[C@@H]1OC(CO)[C@H](O)[C@H](O)C1NC(C)=O)COCCC(=O)NCCCCC(=O)CCO[C@@H]1OC(CO)[C@H](O)[C@H](O)C1NC(C)=O)O[C@H]1C[C@H](C)O[C@@H]1COP(=O)(O)C(C)C. The van der Waals surface area contributed by atoms with Gasteiger partial charge in [-0.2, -0.15) is 0 Å². The van der Waals surface area contributed by atoms with Crippen molar-refractivity contribution < 1.29 is 179 Å². The number of ether oxygens (including phenoxy) is 10. The Bertz CT molecular complexity index is 3190. The number of hydrogen-bond acceptors (Lipinski definition) is 36. The lowest BCUT2D eigenvalue weighted by atomic mass is 9.84. The van der Waals surface area contributed by atoms with Crippen LogP contribution in [-0.2, 0) is 118 Å². The normalized spacial score (nSPS) is 28.6. The van der Waals surface area contributed by atoms with Crippen molar-refractivity contribution in [2.24, 2.45) is 5.41 Å². The van der Waals surface area contributed by atoms with Gasteiger partial charge in [0, 0.05) is 136 Å². The zero-order chi connectivity index (χ0) is 91.9. The zero-order valence-electron chi connectivity index (χ0n) is 72.0. The molecule has 0 saturated carbocycles. The molecule has 5 fully saturated rings. The van der Waals surface area contributed by atoms with Gasteiger partial charge in [0.15, 0.2) is 18.9 Å². The molecule has 44 heteroatoms. The standard InChI is InChI=1S/C80H137N5O37P2/c1-48(2)124(108,109)117-44-65-61(36-49(3)118-65)122-123(7,107)116-43-53-37-60(98)39-85(53)67(100)22-21-59(97)38-80(45-110-30-23-54(92)16-10-8-12-18-56(94)25-33-113-77-68(82-50(4)89)74(104)71(101)62(40-86)119-77,46-111-31-24-55(93)17-11-9-13-19-57(95)26-34-114-78-69(83-51(5)90)75(105)72(102)63(41-87)120-78)47-112-32-28-66(99)81-29-15-14-20-58(96)27-35-115-79-70(84-52(6)91)76(106)73(103)64(42-88)121-79/h48-49,53,60-65,68-79,86-88,98,101-107H,7-47H2,1-6H3,(H,81,99)(H,82,89)(H,83,90)(H,84,91)(H,108,109)/t49-,53-,60+,61-,62?,63?,64?,65+,68?,69?,70?,71-,72-,73-,74+,75+,76+,77+,78+,79+,80?,123?/m0/s1. The van der Waals surface area contributed by atoms with Crippen molar-refractivity contribution in [2.75, 3.05) is 106 Å². The molecule has 5 amide bonds.